The second-order valence-corrected chi connectivity index (χ2v) is 6.40. The minimum absolute atomic E-state index is 0.399. The fourth-order valence-electron chi connectivity index (χ4n) is 3.04. The first-order valence-corrected chi connectivity index (χ1v) is 9.16. The number of rotatable bonds is 6. The molecule has 0 fully saturated rings. The monoisotopic (exact) mass is 376 g/mol. The number of methoxy groups -OCH3 is 1. The Labute approximate surface area is 165 Å². The maximum atomic E-state index is 12.0. The molecule has 1 N–H and O–H groups in total. The van der Waals surface area contributed by atoms with Gasteiger partial charge in [0.1, 0.15) is 17.5 Å². The van der Waals surface area contributed by atoms with Crippen LogP contribution >= 0.6 is 0 Å². The summed E-state index contributed by atoms with van der Waals surface area (Å²) in [7, 11) is 1.37. The quantitative estimate of drug-likeness (QED) is 0.625. The summed E-state index contributed by atoms with van der Waals surface area (Å²) in [6, 6.07) is 17.4. The summed E-state index contributed by atoms with van der Waals surface area (Å²) in [5, 5.41) is 3.23. The molecule has 3 aromatic rings. The van der Waals surface area contributed by atoms with Crippen LogP contribution in [0.1, 0.15) is 28.7 Å². The second kappa shape index (κ2) is 8.52. The molecule has 0 spiro atoms. The average Bonchev–Trinajstić information content (AvgIpc) is 2.68. The van der Waals surface area contributed by atoms with Gasteiger partial charge in [-0.3, -0.25) is 0 Å². The van der Waals surface area contributed by atoms with Crippen molar-refractivity contribution in [1.82, 2.24) is 9.97 Å². The van der Waals surface area contributed by atoms with E-state index in [-0.39, 0.29) is 0 Å². The summed E-state index contributed by atoms with van der Waals surface area (Å²) in [4.78, 5) is 23.2. The number of para-hydroxylation sites is 1. The maximum Gasteiger partial charge on any atom is 0.339 e. The van der Waals surface area contributed by atoms with Crippen molar-refractivity contribution in [3.8, 4) is 0 Å². The van der Waals surface area contributed by atoms with Crippen molar-refractivity contribution in [1.29, 1.82) is 0 Å². The van der Waals surface area contributed by atoms with Gasteiger partial charge in [-0.1, -0.05) is 24.3 Å². The van der Waals surface area contributed by atoms with Gasteiger partial charge in [0.25, 0.3) is 0 Å². The van der Waals surface area contributed by atoms with Crippen LogP contribution < -0.4 is 10.2 Å². The first-order valence-electron chi connectivity index (χ1n) is 9.16. The number of aryl methyl sites for hydroxylation is 2. The van der Waals surface area contributed by atoms with E-state index in [1.807, 2.05) is 31.2 Å². The van der Waals surface area contributed by atoms with E-state index in [4.69, 9.17) is 4.74 Å². The molecule has 3 rings (SSSR count). The molecule has 0 atom stereocenters. The summed E-state index contributed by atoms with van der Waals surface area (Å²) in [5.74, 6) is 1.65. The second-order valence-electron chi connectivity index (χ2n) is 6.40. The fraction of sp³-hybridized carbons (Fsp3) is 0.227. The van der Waals surface area contributed by atoms with Gasteiger partial charge in [-0.15, -0.1) is 0 Å². The van der Waals surface area contributed by atoms with Gasteiger partial charge in [-0.05, 0) is 50.6 Å². The van der Waals surface area contributed by atoms with Crippen molar-refractivity contribution in [3.05, 3.63) is 71.5 Å². The van der Waals surface area contributed by atoms with Crippen molar-refractivity contribution >= 4 is 29.0 Å². The SMILES string of the molecule is CCN(c1cccc(C)c1)c1cc(Nc2ccccc2C(=O)OC)nc(C)n1. The van der Waals surface area contributed by atoms with E-state index in [1.54, 1.807) is 12.1 Å². The van der Waals surface area contributed by atoms with Gasteiger partial charge in [0, 0.05) is 18.3 Å². The van der Waals surface area contributed by atoms with Gasteiger partial charge in [-0.2, -0.15) is 0 Å². The van der Waals surface area contributed by atoms with E-state index in [2.05, 4.69) is 52.2 Å². The van der Waals surface area contributed by atoms with Crippen molar-refractivity contribution in [2.45, 2.75) is 20.8 Å². The van der Waals surface area contributed by atoms with Gasteiger partial charge in [-0.25, -0.2) is 14.8 Å². The molecule has 6 nitrogen and oxygen atoms in total. The van der Waals surface area contributed by atoms with Crippen LogP contribution in [0.15, 0.2) is 54.6 Å². The van der Waals surface area contributed by atoms with Crippen molar-refractivity contribution < 1.29 is 9.53 Å². The van der Waals surface area contributed by atoms with Gasteiger partial charge >= 0.3 is 5.97 Å². The summed E-state index contributed by atoms with van der Waals surface area (Å²) in [5.41, 5.74) is 3.35. The van der Waals surface area contributed by atoms with E-state index in [9.17, 15) is 4.79 Å². The lowest BCUT2D eigenvalue weighted by molar-refractivity contribution is 0.0602. The van der Waals surface area contributed by atoms with Crippen LogP contribution in [0.4, 0.5) is 23.0 Å². The van der Waals surface area contributed by atoms with Crippen molar-refractivity contribution in [3.63, 3.8) is 0 Å². The Morgan fingerprint density at radius 3 is 2.57 bits per heavy atom. The zero-order valence-electron chi connectivity index (χ0n) is 16.6. The molecule has 144 valence electrons. The number of hydrogen-bond acceptors (Lipinski definition) is 6. The predicted octanol–water partition coefficient (Wildman–Crippen LogP) is 4.78. The summed E-state index contributed by atoms with van der Waals surface area (Å²) >= 11 is 0. The molecular weight excluding hydrogens is 352 g/mol. The molecule has 0 bridgehead atoms. The van der Waals surface area contributed by atoms with Gasteiger partial charge < -0.3 is 15.0 Å². The van der Waals surface area contributed by atoms with E-state index in [1.165, 1.54) is 12.7 Å². The third-order valence-electron chi connectivity index (χ3n) is 4.33. The summed E-state index contributed by atoms with van der Waals surface area (Å²) in [6.07, 6.45) is 0. The molecule has 0 saturated carbocycles. The molecule has 1 aromatic heterocycles. The highest BCUT2D eigenvalue weighted by atomic mass is 16.5. The number of nitrogens with zero attached hydrogens (tertiary/aromatic N) is 3. The largest absolute Gasteiger partial charge is 0.465 e. The summed E-state index contributed by atoms with van der Waals surface area (Å²) in [6.45, 7) is 6.77. The Balaban J connectivity index is 1.97. The molecule has 28 heavy (non-hydrogen) atoms. The standard InChI is InChI=1S/C22H24N4O2/c1-5-26(17-10-8-9-15(2)13-17)21-14-20(23-16(3)24-21)25-19-12-7-6-11-18(19)22(27)28-4/h6-14H,5H2,1-4H3,(H,23,24,25). The first kappa shape index (κ1) is 19.4. The smallest absolute Gasteiger partial charge is 0.339 e. The number of benzene rings is 2. The first-order chi connectivity index (χ1) is 13.5. The van der Waals surface area contributed by atoms with E-state index < -0.39 is 5.97 Å². The molecule has 0 aliphatic heterocycles. The van der Waals surface area contributed by atoms with Crippen LogP contribution in [0.2, 0.25) is 0 Å². The molecule has 0 saturated heterocycles. The van der Waals surface area contributed by atoms with Gasteiger partial charge in [0.15, 0.2) is 0 Å². The molecule has 0 unspecified atom stereocenters. The predicted molar refractivity (Wildman–Crippen MR) is 112 cm³/mol. The third-order valence-corrected chi connectivity index (χ3v) is 4.33. The Morgan fingerprint density at radius 1 is 1.07 bits per heavy atom. The van der Waals surface area contributed by atoms with Gasteiger partial charge in [0.2, 0.25) is 0 Å². The van der Waals surface area contributed by atoms with Crippen LogP contribution in [-0.2, 0) is 4.74 Å². The lowest BCUT2D eigenvalue weighted by atomic mass is 10.2. The maximum absolute atomic E-state index is 12.0. The average molecular weight is 376 g/mol. The van der Waals surface area contributed by atoms with Crippen molar-refractivity contribution in [2.75, 3.05) is 23.9 Å². The van der Waals surface area contributed by atoms with Crippen LogP contribution in [0.3, 0.4) is 0 Å². The van der Waals surface area contributed by atoms with Crippen LogP contribution in [0.25, 0.3) is 0 Å². The Morgan fingerprint density at radius 2 is 1.86 bits per heavy atom. The topological polar surface area (TPSA) is 67.4 Å². The molecular formula is C22H24N4O2. The number of nitrogens with one attached hydrogen (secondary N) is 1. The molecule has 0 amide bonds. The lowest BCUT2D eigenvalue weighted by Crippen LogP contribution is -2.18. The highest BCUT2D eigenvalue weighted by Crippen LogP contribution is 2.28. The highest BCUT2D eigenvalue weighted by molar-refractivity contribution is 5.96. The number of carbonyl (C=O) groups is 1. The number of anilines is 4. The van der Waals surface area contributed by atoms with E-state index >= 15 is 0 Å². The lowest BCUT2D eigenvalue weighted by Gasteiger charge is -2.23. The number of esters is 1. The molecule has 2 aromatic carbocycles. The van der Waals surface area contributed by atoms with Crippen LogP contribution in [0.5, 0.6) is 0 Å². The zero-order valence-corrected chi connectivity index (χ0v) is 16.6. The molecule has 0 aliphatic carbocycles. The summed E-state index contributed by atoms with van der Waals surface area (Å²) < 4.78 is 4.87. The van der Waals surface area contributed by atoms with Crippen LogP contribution in [-0.4, -0.2) is 29.6 Å². The molecule has 0 aliphatic rings. The van der Waals surface area contributed by atoms with E-state index in [0.717, 1.165) is 18.1 Å². The number of ether oxygens (including phenoxy) is 1. The Hall–Kier alpha value is -3.41. The number of aromatic nitrogens is 2. The molecule has 1 heterocycles. The Kier molecular flexibility index (Phi) is 5.89. The molecule has 0 radical (unpaired) electrons. The zero-order chi connectivity index (χ0) is 20.1. The van der Waals surface area contributed by atoms with E-state index in [0.29, 0.717) is 22.9 Å². The number of hydrogen-bond donors (Lipinski definition) is 1. The Bertz CT molecular complexity index is 988. The highest BCUT2D eigenvalue weighted by Gasteiger charge is 2.14. The number of carbonyl (C=O) groups excluding carboxylic acids is 1. The van der Waals surface area contributed by atoms with Gasteiger partial charge in [0.05, 0.1) is 18.4 Å². The minimum Gasteiger partial charge on any atom is -0.465 e. The molecule has 6 heteroatoms. The minimum atomic E-state index is -0.399. The van der Waals surface area contributed by atoms with Crippen LogP contribution in [0, 0.1) is 13.8 Å². The van der Waals surface area contributed by atoms with Crippen molar-refractivity contribution in [2.24, 2.45) is 0 Å². The normalized spacial score (nSPS) is 10.4. The fourth-order valence-corrected chi connectivity index (χ4v) is 3.04. The third kappa shape index (κ3) is 4.28.